The second-order valence-corrected chi connectivity index (χ2v) is 6.06. The van der Waals surface area contributed by atoms with Gasteiger partial charge in [-0.15, -0.1) is 0 Å². The fourth-order valence-corrected chi connectivity index (χ4v) is 2.77. The molecule has 3 rings (SSSR count). The van der Waals surface area contributed by atoms with E-state index in [0.29, 0.717) is 6.42 Å². The normalized spacial score (nSPS) is 16.9. The average Bonchev–Trinajstić information content (AvgIpc) is 2.81. The van der Waals surface area contributed by atoms with Crippen molar-refractivity contribution in [1.29, 1.82) is 0 Å². The van der Waals surface area contributed by atoms with Gasteiger partial charge in [-0.3, -0.25) is 4.79 Å². The van der Waals surface area contributed by atoms with E-state index in [4.69, 9.17) is 4.74 Å². The number of rotatable bonds is 2. The van der Waals surface area contributed by atoms with E-state index >= 15 is 0 Å². The molecule has 0 saturated heterocycles. The van der Waals surface area contributed by atoms with E-state index in [1.807, 2.05) is 28.9 Å². The topological polar surface area (TPSA) is 44.1 Å². The molecule has 0 spiro atoms. The second-order valence-electron chi connectivity index (χ2n) is 6.06. The third-order valence-electron chi connectivity index (χ3n) is 3.77. The van der Waals surface area contributed by atoms with Crippen molar-refractivity contribution in [1.82, 2.24) is 9.78 Å². The van der Waals surface area contributed by atoms with E-state index in [0.717, 1.165) is 29.1 Å². The lowest BCUT2D eigenvalue weighted by molar-refractivity contribution is 0.0911. The highest BCUT2D eigenvalue weighted by molar-refractivity contribution is 5.98. The maximum absolute atomic E-state index is 12.2. The zero-order chi connectivity index (χ0) is 14.3. The van der Waals surface area contributed by atoms with Gasteiger partial charge < -0.3 is 4.74 Å². The van der Waals surface area contributed by atoms with Crippen molar-refractivity contribution >= 4 is 5.78 Å². The molecule has 0 unspecified atom stereocenters. The number of carbonyl (C=O) groups excluding carboxylic acids is 1. The summed E-state index contributed by atoms with van der Waals surface area (Å²) >= 11 is 0. The molecule has 1 aliphatic rings. The minimum Gasteiger partial charge on any atom is -0.497 e. The van der Waals surface area contributed by atoms with E-state index in [2.05, 4.69) is 18.9 Å². The third kappa shape index (κ3) is 2.11. The van der Waals surface area contributed by atoms with Crippen molar-refractivity contribution in [2.24, 2.45) is 5.41 Å². The van der Waals surface area contributed by atoms with Gasteiger partial charge in [0.2, 0.25) is 0 Å². The number of methoxy groups -OCH3 is 1. The SMILES string of the molecule is COc1ccc(-n2ncc3c2CC(C)(C)CC3=O)cc1. The molecule has 0 aliphatic heterocycles. The summed E-state index contributed by atoms with van der Waals surface area (Å²) < 4.78 is 7.03. The molecule has 2 aromatic rings. The molecule has 1 heterocycles. The van der Waals surface area contributed by atoms with Gasteiger partial charge in [0.15, 0.2) is 5.78 Å². The molecule has 1 aliphatic carbocycles. The molecule has 0 saturated carbocycles. The smallest absolute Gasteiger partial charge is 0.166 e. The van der Waals surface area contributed by atoms with Crippen LogP contribution in [0.15, 0.2) is 30.5 Å². The van der Waals surface area contributed by atoms with Gasteiger partial charge in [0.05, 0.1) is 30.3 Å². The Morgan fingerprint density at radius 3 is 2.55 bits per heavy atom. The van der Waals surface area contributed by atoms with Crippen molar-refractivity contribution in [2.45, 2.75) is 26.7 Å². The predicted molar refractivity (Wildman–Crippen MR) is 76.5 cm³/mol. The van der Waals surface area contributed by atoms with E-state index in [1.54, 1.807) is 13.3 Å². The van der Waals surface area contributed by atoms with Crippen LogP contribution in [0.5, 0.6) is 5.75 Å². The number of ether oxygens (including phenoxy) is 1. The molecule has 104 valence electrons. The van der Waals surface area contributed by atoms with Crippen LogP contribution in [0.1, 0.15) is 36.3 Å². The Labute approximate surface area is 118 Å². The molecule has 0 bridgehead atoms. The monoisotopic (exact) mass is 270 g/mol. The van der Waals surface area contributed by atoms with Crippen LogP contribution in [0.25, 0.3) is 5.69 Å². The molecule has 1 aromatic heterocycles. The van der Waals surface area contributed by atoms with Gasteiger partial charge in [0.1, 0.15) is 5.75 Å². The molecular formula is C16H18N2O2. The standard InChI is InChI=1S/C16H18N2O2/c1-16(2)8-14-13(15(19)9-16)10-17-18(14)11-4-6-12(20-3)7-5-11/h4-7,10H,8-9H2,1-3H3. The first-order valence-corrected chi connectivity index (χ1v) is 6.75. The number of ketones is 1. The van der Waals surface area contributed by atoms with E-state index in [9.17, 15) is 4.79 Å². The van der Waals surface area contributed by atoms with Crippen LogP contribution in [-0.4, -0.2) is 22.7 Å². The first-order valence-electron chi connectivity index (χ1n) is 6.75. The molecule has 0 radical (unpaired) electrons. The number of benzene rings is 1. The van der Waals surface area contributed by atoms with Crippen LogP contribution in [0.3, 0.4) is 0 Å². The van der Waals surface area contributed by atoms with Gasteiger partial charge in [-0.25, -0.2) is 4.68 Å². The van der Waals surface area contributed by atoms with Gasteiger partial charge in [0, 0.05) is 6.42 Å². The Morgan fingerprint density at radius 2 is 1.90 bits per heavy atom. The Hall–Kier alpha value is -2.10. The molecule has 4 heteroatoms. The van der Waals surface area contributed by atoms with Crippen molar-refractivity contribution in [3.63, 3.8) is 0 Å². The molecule has 20 heavy (non-hydrogen) atoms. The summed E-state index contributed by atoms with van der Waals surface area (Å²) in [5.41, 5.74) is 2.73. The summed E-state index contributed by atoms with van der Waals surface area (Å²) in [5, 5.41) is 4.39. The number of carbonyl (C=O) groups is 1. The minimum atomic E-state index is -0.00562. The number of fused-ring (bicyclic) bond motifs is 1. The summed E-state index contributed by atoms with van der Waals surface area (Å²) in [5.74, 6) is 1.00. The lowest BCUT2D eigenvalue weighted by atomic mass is 9.76. The Kier molecular flexibility index (Phi) is 2.89. The Morgan fingerprint density at radius 1 is 1.20 bits per heavy atom. The number of nitrogens with zero attached hydrogens (tertiary/aromatic N) is 2. The van der Waals surface area contributed by atoms with E-state index in [-0.39, 0.29) is 11.2 Å². The van der Waals surface area contributed by atoms with Crippen molar-refractivity contribution in [3.05, 3.63) is 41.7 Å². The quantitative estimate of drug-likeness (QED) is 0.842. The molecule has 1 aromatic carbocycles. The van der Waals surface area contributed by atoms with Gasteiger partial charge in [-0.1, -0.05) is 13.8 Å². The summed E-state index contributed by atoms with van der Waals surface area (Å²) in [7, 11) is 1.64. The highest BCUT2D eigenvalue weighted by Gasteiger charge is 2.33. The number of aromatic nitrogens is 2. The summed E-state index contributed by atoms with van der Waals surface area (Å²) in [6.45, 7) is 4.25. The molecule has 0 N–H and O–H groups in total. The second kappa shape index (κ2) is 4.47. The third-order valence-corrected chi connectivity index (χ3v) is 3.77. The van der Waals surface area contributed by atoms with Crippen LogP contribution < -0.4 is 4.74 Å². The molecular weight excluding hydrogens is 252 g/mol. The van der Waals surface area contributed by atoms with Crippen LogP contribution in [0.4, 0.5) is 0 Å². The largest absolute Gasteiger partial charge is 0.497 e. The lowest BCUT2D eigenvalue weighted by Gasteiger charge is -2.28. The van der Waals surface area contributed by atoms with Crippen molar-refractivity contribution in [2.75, 3.05) is 7.11 Å². The highest BCUT2D eigenvalue weighted by Crippen LogP contribution is 2.35. The summed E-state index contributed by atoms with van der Waals surface area (Å²) in [6, 6.07) is 7.72. The number of hydrogen-bond acceptors (Lipinski definition) is 3. The predicted octanol–water partition coefficient (Wildman–Crippen LogP) is 3.04. The zero-order valence-electron chi connectivity index (χ0n) is 12.0. The zero-order valence-corrected chi connectivity index (χ0v) is 12.0. The number of hydrogen-bond donors (Lipinski definition) is 0. The van der Waals surface area contributed by atoms with Crippen LogP contribution in [0, 0.1) is 5.41 Å². The van der Waals surface area contributed by atoms with Crippen molar-refractivity contribution in [3.8, 4) is 11.4 Å². The first-order chi connectivity index (χ1) is 9.50. The van der Waals surface area contributed by atoms with Gasteiger partial charge >= 0.3 is 0 Å². The fourth-order valence-electron chi connectivity index (χ4n) is 2.77. The van der Waals surface area contributed by atoms with Crippen LogP contribution in [-0.2, 0) is 6.42 Å². The molecule has 0 fully saturated rings. The molecule has 4 nitrogen and oxygen atoms in total. The average molecular weight is 270 g/mol. The van der Waals surface area contributed by atoms with Gasteiger partial charge in [0.25, 0.3) is 0 Å². The van der Waals surface area contributed by atoms with Crippen LogP contribution >= 0.6 is 0 Å². The summed E-state index contributed by atoms with van der Waals surface area (Å²) in [6.07, 6.45) is 3.14. The Bertz CT molecular complexity index is 654. The molecule has 0 amide bonds. The Balaban J connectivity index is 2.05. The van der Waals surface area contributed by atoms with Crippen LogP contribution in [0.2, 0.25) is 0 Å². The molecule has 0 atom stereocenters. The summed E-state index contributed by atoms with van der Waals surface area (Å²) in [4.78, 5) is 12.2. The highest BCUT2D eigenvalue weighted by atomic mass is 16.5. The maximum atomic E-state index is 12.2. The van der Waals surface area contributed by atoms with Crippen molar-refractivity contribution < 1.29 is 9.53 Å². The minimum absolute atomic E-state index is 0.00562. The first kappa shape index (κ1) is 12.9. The number of Topliss-reactive ketones (excluding diaryl/α,β-unsaturated/α-hetero) is 1. The van der Waals surface area contributed by atoms with E-state index in [1.165, 1.54) is 0 Å². The van der Waals surface area contributed by atoms with E-state index < -0.39 is 0 Å². The lowest BCUT2D eigenvalue weighted by Crippen LogP contribution is -2.27. The fraction of sp³-hybridized carbons (Fsp3) is 0.375. The maximum Gasteiger partial charge on any atom is 0.166 e. The van der Waals surface area contributed by atoms with Gasteiger partial charge in [-0.05, 0) is 36.1 Å². The van der Waals surface area contributed by atoms with Gasteiger partial charge in [-0.2, -0.15) is 5.10 Å².